The van der Waals surface area contributed by atoms with Crippen LogP contribution in [0.1, 0.15) is 30.7 Å². The fourth-order valence-corrected chi connectivity index (χ4v) is 3.09. The molecule has 0 atom stereocenters. The number of hydrogen-bond acceptors (Lipinski definition) is 5. The maximum Gasteiger partial charge on any atom is 0.204 e. The van der Waals surface area contributed by atoms with E-state index in [4.69, 9.17) is 9.47 Å². The van der Waals surface area contributed by atoms with Crippen molar-refractivity contribution in [1.29, 1.82) is 0 Å². The number of halogens is 1. The van der Waals surface area contributed by atoms with Crippen molar-refractivity contribution < 1.29 is 9.47 Å². The molecule has 0 aliphatic carbocycles. The van der Waals surface area contributed by atoms with Crippen LogP contribution in [0.3, 0.4) is 0 Å². The molecular formula is C12H16BrN3O2S. The van der Waals surface area contributed by atoms with E-state index in [1.54, 1.807) is 16.0 Å². The molecular weight excluding hydrogens is 330 g/mol. The average molecular weight is 346 g/mol. The summed E-state index contributed by atoms with van der Waals surface area (Å²) in [5, 5.41) is 8.22. The zero-order chi connectivity index (χ0) is 13.7. The second-order valence-electron chi connectivity index (χ2n) is 3.79. The smallest absolute Gasteiger partial charge is 0.204 e. The van der Waals surface area contributed by atoms with Crippen LogP contribution in [0.5, 0.6) is 0 Å². The summed E-state index contributed by atoms with van der Waals surface area (Å²) in [6, 6.07) is 4.10. The van der Waals surface area contributed by atoms with Crippen LogP contribution in [0.2, 0.25) is 0 Å². The molecule has 0 fully saturated rings. The first-order chi connectivity index (χ1) is 9.22. The van der Waals surface area contributed by atoms with Crippen LogP contribution in [-0.2, 0) is 16.0 Å². The predicted molar refractivity (Wildman–Crippen MR) is 77.1 cm³/mol. The van der Waals surface area contributed by atoms with E-state index in [1.807, 2.05) is 26.1 Å². The summed E-state index contributed by atoms with van der Waals surface area (Å²) >= 11 is 5.13. The lowest BCUT2D eigenvalue weighted by molar-refractivity contribution is -0.142. The fraction of sp³-hybridized carbons (Fsp3) is 0.500. The SMILES string of the molecule is CCOC(OCC)c1cn(Cc2ccc(Br)s2)nn1. The van der Waals surface area contributed by atoms with Gasteiger partial charge in [-0.15, -0.1) is 16.4 Å². The van der Waals surface area contributed by atoms with Crippen LogP contribution in [0.15, 0.2) is 22.1 Å². The third kappa shape index (κ3) is 4.10. The van der Waals surface area contributed by atoms with Crippen LogP contribution in [0.25, 0.3) is 0 Å². The third-order valence-corrected chi connectivity index (χ3v) is 3.99. The Balaban J connectivity index is 2.04. The van der Waals surface area contributed by atoms with E-state index in [-0.39, 0.29) is 0 Å². The standard InChI is InChI=1S/C12H16BrN3O2S/c1-3-17-12(18-4-2)10-8-16(15-14-10)7-9-5-6-11(13)19-9/h5-6,8,12H,3-4,7H2,1-2H3. The molecule has 0 spiro atoms. The van der Waals surface area contributed by atoms with Gasteiger partial charge in [-0.25, -0.2) is 4.68 Å². The van der Waals surface area contributed by atoms with Crippen LogP contribution in [0, 0.1) is 0 Å². The van der Waals surface area contributed by atoms with E-state index in [2.05, 4.69) is 32.3 Å². The maximum absolute atomic E-state index is 5.49. The lowest BCUT2D eigenvalue weighted by Gasteiger charge is -2.13. The Bertz CT molecular complexity index is 509. The van der Waals surface area contributed by atoms with Gasteiger partial charge < -0.3 is 9.47 Å². The van der Waals surface area contributed by atoms with Crippen LogP contribution in [-0.4, -0.2) is 28.2 Å². The Labute approximate surface area is 124 Å². The number of aromatic nitrogens is 3. The first-order valence-electron chi connectivity index (χ1n) is 6.10. The van der Waals surface area contributed by atoms with Gasteiger partial charge in [-0.2, -0.15) is 0 Å². The molecule has 0 bridgehead atoms. The molecule has 104 valence electrons. The van der Waals surface area contributed by atoms with E-state index in [0.717, 1.165) is 3.79 Å². The highest BCUT2D eigenvalue weighted by Gasteiger charge is 2.15. The van der Waals surface area contributed by atoms with Crippen molar-refractivity contribution in [2.75, 3.05) is 13.2 Å². The lowest BCUT2D eigenvalue weighted by atomic mass is 10.4. The number of ether oxygens (including phenoxy) is 2. The molecule has 2 rings (SSSR count). The molecule has 0 radical (unpaired) electrons. The zero-order valence-corrected chi connectivity index (χ0v) is 13.3. The molecule has 7 heteroatoms. The van der Waals surface area contributed by atoms with Crippen LogP contribution < -0.4 is 0 Å². The summed E-state index contributed by atoms with van der Waals surface area (Å²) in [6.07, 6.45) is 1.43. The first-order valence-corrected chi connectivity index (χ1v) is 7.71. The van der Waals surface area contributed by atoms with E-state index in [1.165, 1.54) is 4.88 Å². The minimum atomic E-state index is -0.432. The topological polar surface area (TPSA) is 49.2 Å². The van der Waals surface area contributed by atoms with Crippen LogP contribution >= 0.6 is 27.3 Å². The summed E-state index contributed by atoms with van der Waals surface area (Å²) < 4.78 is 13.9. The summed E-state index contributed by atoms with van der Waals surface area (Å²) in [5.41, 5.74) is 0.708. The summed E-state index contributed by atoms with van der Waals surface area (Å²) in [5.74, 6) is 0. The summed E-state index contributed by atoms with van der Waals surface area (Å²) in [6.45, 7) is 5.72. The average Bonchev–Trinajstić information content (AvgIpc) is 2.99. The third-order valence-electron chi connectivity index (χ3n) is 2.38. The minimum Gasteiger partial charge on any atom is -0.347 e. The monoisotopic (exact) mass is 345 g/mol. The Hall–Kier alpha value is -0.760. The molecule has 2 heterocycles. The highest BCUT2D eigenvalue weighted by molar-refractivity contribution is 9.11. The number of thiophene rings is 1. The predicted octanol–water partition coefficient (Wildman–Crippen LogP) is 3.22. The van der Waals surface area contributed by atoms with Gasteiger partial charge in [0.05, 0.1) is 16.5 Å². The normalized spacial score (nSPS) is 11.4. The Kier molecular flexibility index (Phi) is 5.50. The van der Waals surface area contributed by atoms with Gasteiger partial charge in [0, 0.05) is 18.1 Å². The number of rotatable bonds is 7. The number of nitrogens with zero attached hydrogens (tertiary/aromatic N) is 3. The van der Waals surface area contributed by atoms with Gasteiger partial charge in [0.1, 0.15) is 5.69 Å². The van der Waals surface area contributed by atoms with E-state index in [0.29, 0.717) is 25.5 Å². The molecule has 0 saturated carbocycles. The minimum absolute atomic E-state index is 0.432. The van der Waals surface area contributed by atoms with Gasteiger partial charge in [-0.1, -0.05) is 5.21 Å². The lowest BCUT2D eigenvalue weighted by Crippen LogP contribution is -2.09. The van der Waals surface area contributed by atoms with Gasteiger partial charge in [-0.05, 0) is 41.9 Å². The van der Waals surface area contributed by atoms with Crippen molar-refractivity contribution in [3.05, 3.63) is 32.7 Å². The van der Waals surface area contributed by atoms with Crippen molar-refractivity contribution in [3.63, 3.8) is 0 Å². The second-order valence-corrected chi connectivity index (χ2v) is 6.34. The summed E-state index contributed by atoms with van der Waals surface area (Å²) in [4.78, 5) is 1.22. The van der Waals surface area contributed by atoms with Gasteiger partial charge in [0.2, 0.25) is 6.29 Å². The molecule has 19 heavy (non-hydrogen) atoms. The highest BCUT2D eigenvalue weighted by Crippen LogP contribution is 2.23. The van der Waals surface area contributed by atoms with Crippen molar-refractivity contribution in [1.82, 2.24) is 15.0 Å². The van der Waals surface area contributed by atoms with Gasteiger partial charge in [0.15, 0.2) is 0 Å². The highest BCUT2D eigenvalue weighted by atomic mass is 79.9. The maximum atomic E-state index is 5.49. The fourth-order valence-electron chi connectivity index (χ4n) is 1.62. The molecule has 0 aromatic carbocycles. The number of hydrogen-bond donors (Lipinski definition) is 0. The Morgan fingerprint density at radius 3 is 2.63 bits per heavy atom. The molecule has 0 saturated heterocycles. The summed E-state index contributed by atoms with van der Waals surface area (Å²) in [7, 11) is 0. The Morgan fingerprint density at radius 1 is 1.32 bits per heavy atom. The molecule has 0 aliphatic heterocycles. The first kappa shape index (κ1) is 14.6. The molecule has 2 aromatic rings. The van der Waals surface area contributed by atoms with Crippen molar-refractivity contribution in [2.24, 2.45) is 0 Å². The van der Waals surface area contributed by atoms with Crippen molar-refractivity contribution in [3.8, 4) is 0 Å². The molecule has 0 aliphatic rings. The molecule has 0 unspecified atom stereocenters. The van der Waals surface area contributed by atoms with Crippen molar-refractivity contribution in [2.45, 2.75) is 26.7 Å². The molecule has 0 N–H and O–H groups in total. The Morgan fingerprint density at radius 2 is 2.05 bits per heavy atom. The second kappa shape index (κ2) is 7.14. The zero-order valence-electron chi connectivity index (χ0n) is 10.9. The van der Waals surface area contributed by atoms with Gasteiger partial charge in [-0.3, -0.25) is 0 Å². The van der Waals surface area contributed by atoms with Gasteiger partial charge in [0.25, 0.3) is 0 Å². The van der Waals surface area contributed by atoms with Crippen LogP contribution in [0.4, 0.5) is 0 Å². The quantitative estimate of drug-likeness (QED) is 0.723. The van der Waals surface area contributed by atoms with E-state index >= 15 is 0 Å². The van der Waals surface area contributed by atoms with Crippen molar-refractivity contribution >= 4 is 27.3 Å². The van der Waals surface area contributed by atoms with Gasteiger partial charge >= 0.3 is 0 Å². The molecule has 5 nitrogen and oxygen atoms in total. The van der Waals surface area contributed by atoms with E-state index < -0.39 is 6.29 Å². The largest absolute Gasteiger partial charge is 0.347 e. The molecule has 0 amide bonds. The molecule has 2 aromatic heterocycles. The van der Waals surface area contributed by atoms with E-state index in [9.17, 15) is 0 Å².